The van der Waals surface area contributed by atoms with Crippen LogP contribution >= 0.6 is 0 Å². The van der Waals surface area contributed by atoms with E-state index in [0.29, 0.717) is 18.4 Å². The van der Waals surface area contributed by atoms with Crippen molar-refractivity contribution in [3.63, 3.8) is 0 Å². The first-order chi connectivity index (χ1) is 9.58. The molecule has 8 heteroatoms. The number of aliphatic hydroxyl groups is 1. The SMILES string of the molecule is COCC(O)CN(C)CC(=O)Nc1nnc(C2CC2)o1. The van der Waals surface area contributed by atoms with Gasteiger partial charge in [0.25, 0.3) is 0 Å². The smallest absolute Gasteiger partial charge is 0.322 e. The highest BCUT2D eigenvalue weighted by Gasteiger charge is 2.29. The first kappa shape index (κ1) is 14.9. The van der Waals surface area contributed by atoms with Crippen LogP contribution in [0.2, 0.25) is 0 Å². The number of likely N-dealkylation sites (N-methyl/N-ethyl adjacent to an activating group) is 1. The van der Waals surface area contributed by atoms with E-state index in [0.717, 1.165) is 12.8 Å². The number of rotatable bonds is 8. The molecule has 20 heavy (non-hydrogen) atoms. The molecule has 1 aliphatic rings. The van der Waals surface area contributed by atoms with Gasteiger partial charge in [-0.2, -0.15) is 0 Å². The molecule has 1 unspecified atom stereocenters. The third-order valence-electron chi connectivity index (χ3n) is 2.91. The number of hydrogen-bond acceptors (Lipinski definition) is 7. The van der Waals surface area contributed by atoms with E-state index in [4.69, 9.17) is 9.15 Å². The first-order valence-corrected chi connectivity index (χ1v) is 6.57. The van der Waals surface area contributed by atoms with E-state index in [1.165, 1.54) is 7.11 Å². The molecule has 112 valence electrons. The van der Waals surface area contributed by atoms with Gasteiger partial charge in [0.05, 0.1) is 19.3 Å². The molecule has 0 saturated heterocycles. The fourth-order valence-electron chi connectivity index (χ4n) is 1.85. The molecule has 2 N–H and O–H groups in total. The van der Waals surface area contributed by atoms with Crippen LogP contribution in [0.25, 0.3) is 0 Å². The Bertz CT molecular complexity index is 446. The number of amides is 1. The Labute approximate surface area is 117 Å². The highest BCUT2D eigenvalue weighted by Crippen LogP contribution is 2.39. The van der Waals surface area contributed by atoms with Gasteiger partial charge >= 0.3 is 6.01 Å². The second kappa shape index (κ2) is 6.78. The van der Waals surface area contributed by atoms with Crippen molar-refractivity contribution in [2.24, 2.45) is 0 Å². The van der Waals surface area contributed by atoms with Crippen LogP contribution in [0.3, 0.4) is 0 Å². The zero-order valence-corrected chi connectivity index (χ0v) is 11.7. The van der Waals surface area contributed by atoms with Crippen LogP contribution in [0.1, 0.15) is 24.7 Å². The summed E-state index contributed by atoms with van der Waals surface area (Å²) in [6, 6.07) is 0.128. The molecule has 0 aliphatic heterocycles. The lowest BCUT2D eigenvalue weighted by molar-refractivity contribution is -0.117. The number of aliphatic hydroxyl groups excluding tert-OH is 1. The summed E-state index contributed by atoms with van der Waals surface area (Å²) >= 11 is 0. The molecule has 1 aliphatic carbocycles. The summed E-state index contributed by atoms with van der Waals surface area (Å²) < 4.78 is 10.2. The van der Waals surface area contributed by atoms with Gasteiger partial charge in [-0.1, -0.05) is 5.10 Å². The van der Waals surface area contributed by atoms with Gasteiger partial charge in [0, 0.05) is 19.6 Å². The Morgan fingerprint density at radius 2 is 2.35 bits per heavy atom. The average molecular weight is 284 g/mol. The van der Waals surface area contributed by atoms with E-state index >= 15 is 0 Å². The third-order valence-corrected chi connectivity index (χ3v) is 2.91. The molecule has 1 aromatic rings. The Hall–Kier alpha value is -1.51. The standard InChI is InChI=1S/C12H20N4O4/c1-16(5-9(17)7-19-2)6-10(18)13-12-15-14-11(20-12)8-3-4-8/h8-9,17H,3-7H2,1-2H3,(H,13,15,18). The Kier molecular flexibility index (Phi) is 5.05. The van der Waals surface area contributed by atoms with Crippen LogP contribution in [-0.4, -0.2) is 66.1 Å². The van der Waals surface area contributed by atoms with Gasteiger partial charge in [-0.3, -0.25) is 15.0 Å². The largest absolute Gasteiger partial charge is 0.408 e. The number of nitrogens with zero attached hydrogens (tertiary/aromatic N) is 3. The molecule has 1 heterocycles. The molecule has 1 aromatic heterocycles. The fourth-order valence-corrected chi connectivity index (χ4v) is 1.85. The monoisotopic (exact) mass is 284 g/mol. The van der Waals surface area contributed by atoms with Crippen LogP contribution in [0.5, 0.6) is 0 Å². The van der Waals surface area contributed by atoms with Crippen molar-refractivity contribution < 1.29 is 19.1 Å². The lowest BCUT2D eigenvalue weighted by Gasteiger charge is -2.18. The predicted molar refractivity (Wildman–Crippen MR) is 70.3 cm³/mol. The van der Waals surface area contributed by atoms with Crippen LogP contribution in [0.15, 0.2) is 4.42 Å². The predicted octanol–water partition coefficient (Wildman–Crippen LogP) is -0.175. The van der Waals surface area contributed by atoms with Crippen molar-refractivity contribution in [3.8, 4) is 0 Å². The number of anilines is 1. The van der Waals surface area contributed by atoms with Crippen LogP contribution in [0, 0.1) is 0 Å². The van der Waals surface area contributed by atoms with E-state index < -0.39 is 6.10 Å². The van der Waals surface area contributed by atoms with Crippen molar-refractivity contribution in [1.82, 2.24) is 15.1 Å². The molecule has 0 aromatic carbocycles. The van der Waals surface area contributed by atoms with E-state index in [1.54, 1.807) is 11.9 Å². The van der Waals surface area contributed by atoms with Gasteiger partial charge in [-0.05, 0) is 19.9 Å². The second-order valence-electron chi connectivity index (χ2n) is 5.07. The molecule has 8 nitrogen and oxygen atoms in total. The van der Waals surface area contributed by atoms with Crippen molar-refractivity contribution in [2.75, 3.05) is 39.2 Å². The summed E-state index contributed by atoms with van der Waals surface area (Å²) in [5.74, 6) is 0.687. The van der Waals surface area contributed by atoms with Crippen molar-refractivity contribution in [3.05, 3.63) is 5.89 Å². The number of ether oxygens (including phenoxy) is 1. The number of aromatic nitrogens is 2. The number of nitrogens with one attached hydrogen (secondary N) is 1. The van der Waals surface area contributed by atoms with Crippen molar-refractivity contribution in [1.29, 1.82) is 0 Å². The summed E-state index contributed by atoms with van der Waals surface area (Å²) in [7, 11) is 3.25. The molecule has 2 rings (SSSR count). The van der Waals surface area contributed by atoms with E-state index in [-0.39, 0.29) is 25.1 Å². The van der Waals surface area contributed by atoms with Crippen molar-refractivity contribution >= 4 is 11.9 Å². The van der Waals surface area contributed by atoms with Gasteiger partial charge in [0.1, 0.15) is 0 Å². The number of carbonyl (C=O) groups excluding carboxylic acids is 1. The Morgan fingerprint density at radius 1 is 1.60 bits per heavy atom. The van der Waals surface area contributed by atoms with Gasteiger partial charge < -0.3 is 14.3 Å². The molecule has 0 radical (unpaired) electrons. The summed E-state index contributed by atoms with van der Waals surface area (Å²) in [6.45, 7) is 0.709. The lowest BCUT2D eigenvalue weighted by Crippen LogP contribution is -2.37. The molecular formula is C12H20N4O4. The van der Waals surface area contributed by atoms with Gasteiger partial charge in [0.2, 0.25) is 11.8 Å². The fraction of sp³-hybridized carbons (Fsp3) is 0.750. The normalized spacial score (nSPS) is 16.4. The highest BCUT2D eigenvalue weighted by molar-refractivity contribution is 5.90. The highest BCUT2D eigenvalue weighted by atomic mass is 16.5. The number of methoxy groups -OCH3 is 1. The minimum Gasteiger partial charge on any atom is -0.408 e. The van der Waals surface area contributed by atoms with Gasteiger partial charge in [-0.15, -0.1) is 5.10 Å². The quantitative estimate of drug-likeness (QED) is 0.683. The van der Waals surface area contributed by atoms with E-state index in [2.05, 4.69) is 15.5 Å². The van der Waals surface area contributed by atoms with Crippen LogP contribution < -0.4 is 5.32 Å². The summed E-state index contributed by atoms with van der Waals surface area (Å²) in [4.78, 5) is 13.5. The maximum Gasteiger partial charge on any atom is 0.322 e. The van der Waals surface area contributed by atoms with Crippen LogP contribution in [0.4, 0.5) is 6.01 Å². The molecule has 1 atom stereocenters. The molecule has 1 amide bonds. The molecule has 1 fully saturated rings. The van der Waals surface area contributed by atoms with Crippen LogP contribution in [-0.2, 0) is 9.53 Å². The summed E-state index contributed by atoms with van der Waals surface area (Å²) in [5.41, 5.74) is 0. The topological polar surface area (TPSA) is 101 Å². The Morgan fingerprint density at radius 3 is 3.00 bits per heavy atom. The molecular weight excluding hydrogens is 264 g/mol. The third kappa shape index (κ3) is 4.55. The first-order valence-electron chi connectivity index (χ1n) is 6.57. The van der Waals surface area contributed by atoms with Gasteiger partial charge in [0.15, 0.2) is 0 Å². The maximum atomic E-state index is 11.8. The second-order valence-corrected chi connectivity index (χ2v) is 5.07. The van der Waals surface area contributed by atoms with E-state index in [9.17, 15) is 9.90 Å². The lowest BCUT2D eigenvalue weighted by atomic mass is 10.3. The molecule has 0 bridgehead atoms. The summed E-state index contributed by atoms with van der Waals surface area (Å²) in [6.07, 6.45) is 1.51. The zero-order chi connectivity index (χ0) is 14.5. The minimum absolute atomic E-state index is 0.127. The zero-order valence-electron chi connectivity index (χ0n) is 11.7. The maximum absolute atomic E-state index is 11.8. The average Bonchev–Trinajstić information content (AvgIpc) is 3.10. The number of carbonyl (C=O) groups is 1. The minimum atomic E-state index is -0.623. The van der Waals surface area contributed by atoms with Crippen molar-refractivity contribution in [2.45, 2.75) is 24.9 Å². The molecule has 0 spiro atoms. The number of hydrogen-bond donors (Lipinski definition) is 2. The molecule has 1 saturated carbocycles. The Balaban J connectivity index is 1.73. The summed E-state index contributed by atoms with van der Waals surface area (Å²) in [5, 5.41) is 19.8. The van der Waals surface area contributed by atoms with Gasteiger partial charge in [-0.25, -0.2) is 0 Å². The van der Waals surface area contributed by atoms with E-state index in [1.807, 2.05) is 0 Å².